The second kappa shape index (κ2) is 4.28. The van der Waals surface area contributed by atoms with Crippen LogP contribution in [0, 0.1) is 5.92 Å². The Hall–Kier alpha value is -1.32. The van der Waals surface area contributed by atoms with E-state index in [9.17, 15) is 9.59 Å². The SMILES string of the molecule is C=C(C)[C@H]1CC[C@H](N2C(=O)CNC2=O)CC1. The van der Waals surface area contributed by atoms with Gasteiger partial charge >= 0.3 is 6.03 Å². The van der Waals surface area contributed by atoms with Gasteiger partial charge in [0.25, 0.3) is 0 Å². The molecule has 1 heterocycles. The first kappa shape index (κ1) is 11.2. The molecular weight excluding hydrogens is 204 g/mol. The van der Waals surface area contributed by atoms with Gasteiger partial charge in [0.1, 0.15) is 0 Å². The van der Waals surface area contributed by atoms with Crippen molar-refractivity contribution in [3.63, 3.8) is 0 Å². The van der Waals surface area contributed by atoms with Gasteiger partial charge in [0, 0.05) is 6.04 Å². The van der Waals surface area contributed by atoms with E-state index < -0.39 is 0 Å². The maximum absolute atomic E-state index is 11.5. The first-order valence-corrected chi connectivity index (χ1v) is 5.85. The van der Waals surface area contributed by atoms with Crippen LogP contribution in [0.4, 0.5) is 4.79 Å². The molecule has 4 heteroatoms. The zero-order valence-corrected chi connectivity index (χ0v) is 9.66. The highest BCUT2D eigenvalue weighted by Gasteiger charge is 2.36. The number of imide groups is 1. The van der Waals surface area contributed by atoms with E-state index in [1.807, 2.05) is 0 Å². The highest BCUT2D eigenvalue weighted by molar-refractivity contribution is 6.02. The van der Waals surface area contributed by atoms with Crippen LogP contribution >= 0.6 is 0 Å². The molecule has 0 atom stereocenters. The molecule has 16 heavy (non-hydrogen) atoms. The molecule has 1 saturated heterocycles. The Balaban J connectivity index is 1.96. The Kier molecular flexibility index (Phi) is 2.99. The zero-order chi connectivity index (χ0) is 11.7. The molecule has 0 bridgehead atoms. The van der Waals surface area contributed by atoms with Crippen molar-refractivity contribution in [2.24, 2.45) is 5.92 Å². The van der Waals surface area contributed by atoms with Crippen LogP contribution in [0.5, 0.6) is 0 Å². The lowest BCUT2D eigenvalue weighted by Crippen LogP contribution is -2.42. The summed E-state index contributed by atoms with van der Waals surface area (Å²) >= 11 is 0. The van der Waals surface area contributed by atoms with Crippen molar-refractivity contribution in [2.75, 3.05) is 6.54 Å². The van der Waals surface area contributed by atoms with Gasteiger partial charge in [-0.15, -0.1) is 0 Å². The fourth-order valence-electron chi connectivity index (χ4n) is 2.63. The van der Waals surface area contributed by atoms with Gasteiger partial charge in [-0.3, -0.25) is 9.69 Å². The highest BCUT2D eigenvalue weighted by Crippen LogP contribution is 2.32. The Labute approximate surface area is 95.7 Å². The summed E-state index contributed by atoms with van der Waals surface area (Å²) in [6, 6.07) is -0.116. The molecule has 1 N–H and O–H groups in total. The number of nitrogens with zero attached hydrogens (tertiary/aromatic N) is 1. The summed E-state index contributed by atoms with van der Waals surface area (Å²) in [5, 5.41) is 2.57. The molecule has 3 amide bonds. The standard InChI is InChI=1S/C12H18N2O2/c1-8(2)9-3-5-10(6-4-9)14-11(15)7-13-12(14)16/h9-10H,1,3-7H2,2H3,(H,13,16)/t9-,10-. The number of urea groups is 1. The van der Waals surface area contributed by atoms with Gasteiger partial charge in [-0.05, 0) is 38.5 Å². The number of carbonyl (C=O) groups excluding carboxylic acids is 2. The minimum Gasteiger partial charge on any atom is -0.329 e. The van der Waals surface area contributed by atoms with Gasteiger partial charge in [-0.1, -0.05) is 12.2 Å². The van der Waals surface area contributed by atoms with Crippen molar-refractivity contribution >= 4 is 11.9 Å². The first-order chi connectivity index (χ1) is 7.59. The van der Waals surface area contributed by atoms with E-state index in [0.717, 1.165) is 25.7 Å². The van der Waals surface area contributed by atoms with Gasteiger partial charge < -0.3 is 5.32 Å². The predicted octanol–water partition coefficient (Wildman–Crippen LogP) is 1.67. The number of amides is 3. The Morgan fingerprint density at radius 3 is 2.38 bits per heavy atom. The van der Waals surface area contributed by atoms with Gasteiger partial charge in [0.15, 0.2) is 0 Å². The third-order valence-electron chi connectivity index (χ3n) is 3.64. The topological polar surface area (TPSA) is 49.4 Å². The normalized spacial score (nSPS) is 30.4. The minimum absolute atomic E-state index is 0.0798. The van der Waals surface area contributed by atoms with E-state index >= 15 is 0 Å². The molecule has 0 spiro atoms. The van der Waals surface area contributed by atoms with Gasteiger partial charge in [0.2, 0.25) is 5.91 Å². The number of hydrogen-bond acceptors (Lipinski definition) is 2. The Morgan fingerprint density at radius 1 is 1.31 bits per heavy atom. The number of nitrogens with one attached hydrogen (secondary N) is 1. The average molecular weight is 222 g/mol. The zero-order valence-electron chi connectivity index (χ0n) is 9.66. The number of carbonyl (C=O) groups is 2. The summed E-state index contributed by atoms with van der Waals surface area (Å²) < 4.78 is 0. The second-order valence-corrected chi connectivity index (χ2v) is 4.77. The van der Waals surface area contributed by atoms with Gasteiger partial charge in [0.05, 0.1) is 6.54 Å². The summed E-state index contributed by atoms with van der Waals surface area (Å²) in [4.78, 5) is 24.4. The van der Waals surface area contributed by atoms with E-state index in [1.54, 1.807) is 0 Å². The molecule has 0 unspecified atom stereocenters. The van der Waals surface area contributed by atoms with E-state index in [-0.39, 0.29) is 24.5 Å². The molecule has 1 aliphatic carbocycles. The van der Waals surface area contributed by atoms with Crippen LogP contribution in [0.15, 0.2) is 12.2 Å². The molecule has 0 aromatic rings. The van der Waals surface area contributed by atoms with E-state index in [0.29, 0.717) is 5.92 Å². The highest BCUT2D eigenvalue weighted by atomic mass is 16.2. The summed E-state index contributed by atoms with van der Waals surface area (Å²) in [7, 11) is 0. The molecule has 1 aliphatic heterocycles. The maximum atomic E-state index is 11.5. The number of hydrogen-bond donors (Lipinski definition) is 1. The van der Waals surface area contributed by atoms with Crippen molar-refractivity contribution in [3.8, 4) is 0 Å². The lowest BCUT2D eigenvalue weighted by molar-refractivity contribution is -0.127. The van der Waals surface area contributed by atoms with Crippen LogP contribution in [-0.2, 0) is 4.79 Å². The van der Waals surface area contributed by atoms with E-state index in [2.05, 4.69) is 18.8 Å². The average Bonchev–Trinajstić information content (AvgIpc) is 2.59. The van der Waals surface area contributed by atoms with Crippen molar-refractivity contribution in [1.29, 1.82) is 0 Å². The van der Waals surface area contributed by atoms with Crippen LogP contribution in [0.25, 0.3) is 0 Å². The van der Waals surface area contributed by atoms with Crippen LogP contribution in [0.3, 0.4) is 0 Å². The van der Waals surface area contributed by atoms with Crippen LogP contribution in [0.2, 0.25) is 0 Å². The smallest absolute Gasteiger partial charge is 0.324 e. The summed E-state index contributed by atoms with van der Waals surface area (Å²) in [5.74, 6) is 0.487. The summed E-state index contributed by atoms with van der Waals surface area (Å²) in [6.07, 6.45) is 3.90. The first-order valence-electron chi connectivity index (χ1n) is 5.85. The van der Waals surface area contributed by atoms with Gasteiger partial charge in [-0.25, -0.2) is 4.79 Å². The molecule has 2 rings (SSSR count). The molecule has 0 aromatic heterocycles. The quantitative estimate of drug-likeness (QED) is 0.570. The largest absolute Gasteiger partial charge is 0.329 e. The maximum Gasteiger partial charge on any atom is 0.324 e. The number of rotatable bonds is 2. The minimum atomic E-state index is -0.219. The Morgan fingerprint density at radius 2 is 1.94 bits per heavy atom. The van der Waals surface area contributed by atoms with Crippen molar-refractivity contribution < 1.29 is 9.59 Å². The monoisotopic (exact) mass is 222 g/mol. The van der Waals surface area contributed by atoms with Crippen molar-refractivity contribution in [3.05, 3.63) is 12.2 Å². The lowest BCUT2D eigenvalue weighted by Gasteiger charge is -2.33. The van der Waals surface area contributed by atoms with Gasteiger partial charge in [-0.2, -0.15) is 0 Å². The molecule has 88 valence electrons. The van der Waals surface area contributed by atoms with Crippen molar-refractivity contribution in [2.45, 2.75) is 38.6 Å². The molecule has 0 radical (unpaired) electrons. The molecule has 2 fully saturated rings. The van der Waals surface area contributed by atoms with E-state index in [4.69, 9.17) is 0 Å². The van der Waals surface area contributed by atoms with Crippen LogP contribution in [0.1, 0.15) is 32.6 Å². The number of allylic oxidation sites excluding steroid dienone is 1. The summed E-state index contributed by atoms with van der Waals surface area (Å²) in [5.41, 5.74) is 1.22. The lowest BCUT2D eigenvalue weighted by atomic mass is 9.82. The predicted molar refractivity (Wildman–Crippen MR) is 60.8 cm³/mol. The van der Waals surface area contributed by atoms with Crippen LogP contribution in [-0.4, -0.2) is 29.4 Å². The molecule has 1 saturated carbocycles. The third-order valence-corrected chi connectivity index (χ3v) is 3.64. The molecule has 4 nitrogen and oxygen atoms in total. The molecule has 2 aliphatic rings. The second-order valence-electron chi connectivity index (χ2n) is 4.77. The van der Waals surface area contributed by atoms with Crippen molar-refractivity contribution in [1.82, 2.24) is 10.2 Å². The fourth-order valence-corrected chi connectivity index (χ4v) is 2.63. The molecular formula is C12H18N2O2. The Bertz CT molecular complexity index is 314. The van der Waals surface area contributed by atoms with Crippen LogP contribution < -0.4 is 5.32 Å². The fraction of sp³-hybridized carbons (Fsp3) is 0.667. The third kappa shape index (κ3) is 1.96. The summed E-state index contributed by atoms with van der Waals surface area (Å²) in [6.45, 7) is 6.19. The molecule has 0 aromatic carbocycles. The van der Waals surface area contributed by atoms with E-state index in [1.165, 1.54) is 10.5 Å².